The smallest absolute Gasteiger partial charge is 0.123 e. The van der Waals surface area contributed by atoms with Gasteiger partial charge in [0.25, 0.3) is 0 Å². The van der Waals surface area contributed by atoms with Crippen molar-refractivity contribution in [2.45, 2.75) is 13.0 Å². The molecule has 0 heterocycles. The normalized spacial score (nSPS) is 12.4. The van der Waals surface area contributed by atoms with Crippen molar-refractivity contribution in [3.05, 3.63) is 71.0 Å². The van der Waals surface area contributed by atoms with Crippen molar-refractivity contribution < 1.29 is 4.39 Å². The highest BCUT2D eigenvalue weighted by Gasteiger charge is 2.08. The molecule has 1 unspecified atom stereocenters. The second kappa shape index (κ2) is 4.45. The summed E-state index contributed by atoms with van der Waals surface area (Å²) in [6.07, 6.45) is 0. The fraction of sp³-hybridized carbons (Fsp3) is 0.143. The summed E-state index contributed by atoms with van der Waals surface area (Å²) in [6, 6.07) is 14.2. The van der Waals surface area contributed by atoms with Crippen molar-refractivity contribution in [3.8, 4) is 0 Å². The van der Waals surface area contributed by atoms with Gasteiger partial charge in [-0.05, 0) is 30.2 Å². The minimum atomic E-state index is -0.236. The zero-order valence-electron chi connectivity index (χ0n) is 9.15. The highest BCUT2D eigenvalue weighted by Crippen LogP contribution is 2.19. The molecule has 0 radical (unpaired) electrons. The van der Waals surface area contributed by atoms with E-state index in [1.807, 2.05) is 31.2 Å². The molecule has 16 heavy (non-hydrogen) atoms. The van der Waals surface area contributed by atoms with Crippen molar-refractivity contribution >= 4 is 0 Å². The molecule has 1 nitrogen and oxygen atoms in total. The van der Waals surface area contributed by atoms with E-state index in [2.05, 4.69) is 0 Å². The number of benzene rings is 2. The summed E-state index contributed by atoms with van der Waals surface area (Å²) >= 11 is 0. The van der Waals surface area contributed by atoms with E-state index in [4.69, 9.17) is 5.73 Å². The van der Waals surface area contributed by atoms with Crippen LogP contribution >= 0.6 is 0 Å². The van der Waals surface area contributed by atoms with Crippen LogP contribution < -0.4 is 5.73 Å². The third-order valence-electron chi connectivity index (χ3n) is 2.67. The molecule has 0 aliphatic carbocycles. The van der Waals surface area contributed by atoms with E-state index >= 15 is 0 Å². The molecule has 2 aromatic carbocycles. The molecule has 2 N–H and O–H groups in total. The Balaban J connectivity index is 2.28. The van der Waals surface area contributed by atoms with Crippen LogP contribution in [0, 0.1) is 12.7 Å². The molecular formula is C14H14FN. The van der Waals surface area contributed by atoms with Crippen LogP contribution in [0.5, 0.6) is 0 Å². The molecule has 0 saturated carbocycles. The quantitative estimate of drug-likeness (QED) is 0.818. The molecule has 1 atom stereocenters. The van der Waals surface area contributed by atoms with E-state index in [-0.39, 0.29) is 11.9 Å². The summed E-state index contributed by atoms with van der Waals surface area (Å²) in [7, 11) is 0. The Morgan fingerprint density at radius 3 is 1.81 bits per heavy atom. The predicted molar refractivity (Wildman–Crippen MR) is 63.6 cm³/mol. The molecule has 82 valence electrons. The van der Waals surface area contributed by atoms with Crippen molar-refractivity contribution in [3.63, 3.8) is 0 Å². The van der Waals surface area contributed by atoms with Crippen molar-refractivity contribution in [2.75, 3.05) is 0 Å². The van der Waals surface area contributed by atoms with Gasteiger partial charge in [0.15, 0.2) is 0 Å². The first-order valence-electron chi connectivity index (χ1n) is 5.24. The third kappa shape index (κ3) is 2.28. The minimum Gasteiger partial charge on any atom is -0.320 e. The highest BCUT2D eigenvalue weighted by molar-refractivity contribution is 5.32. The van der Waals surface area contributed by atoms with Crippen LogP contribution in [0.2, 0.25) is 0 Å². The van der Waals surface area contributed by atoms with Crippen molar-refractivity contribution in [2.24, 2.45) is 5.73 Å². The third-order valence-corrected chi connectivity index (χ3v) is 2.67. The van der Waals surface area contributed by atoms with E-state index < -0.39 is 0 Å². The summed E-state index contributed by atoms with van der Waals surface area (Å²) in [5.41, 5.74) is 9.26. The largest absolute Gasteiger partial charge is 0.320 e. The maximum atomic E-state index is 12.8. The lowest BCUT2D eigenvalue weighted by molar-refractivity contribution is 0.626. The molecule has 0 saturated heterocycles. The van der Waals surface area contributed by atoms with E-state index in [1.54, 1.807) is 12.1 Å². The van der Waals surface area contributed by atoms with Gasteiger partial charge in [0, 0.05) is 0 Å². The first-order valence-corrected chi connectivity index (χ1v) is 5.24. The number of hydrogen-bond acceptors (Lipinski definition) is 1. The number of rotatable bonds is 2. The molecule has 2 aromatic rings. The average molecular weight is 215 g/mol. The van der Waals surface area contributed by atoms with Gasteiger partial charge in [-0.25, -0.2) is 4.39 Å². The number of halogens is 1. The van der Waals surface area contributed by atoms with E-state index in [9.17, 15) is 4.39 Å². The molecule has 0 aliphatic rings. The van der Waals surface area contributed by atoms with E-state index in [0.717, 1.165) is 11.1 Å². The summed E-state index contributed by atoms with van der Waals surface area (Å²) in [6.45, 7) is 2.03. The lowest BCUT2D eigenvalue weighted by Gasteiger charge is -2.12. The van der Waals surface area contributed by atoms with Gasteiger partial charge in [-0.3, -0.25) is 0 Å². The SMILES string of the molecule is Cc1ccc(C(N)c2ccc(F)cc2)cc1. The van der Waals surface area contributed by atoms with Crippen LogP contribution in [0.3, 0.4) is 0 Å². The number of hydrogen-bond donors (Lipinski definition) is 1. The Hall–Kier alpha value is -1.67. The zero-order chi connectivity index (χ0) is 11.5. The topological polar surface area (TPSA) is 26.0 Å². The van der Waals surface area contributed by atoms with Crippen LogP contribution in [0.1, 0.15) is 22.7 Å². The Kier molecular flexibility index (Phi) is 3.02. The van der Waals surface area contributed by atoms with Gasteiger partial charge in [-0.15, -0.1) is 0 Å². The van der Waals surface area contributed by atoms with Crippen molar-refractivity contribution in [1.29, 1.82) is 0 Å². The maximum absolute atomic E-state index is 12.8. The lowest BCUT2D eigenvalue weighted by Crippen LogP contribution is -2.11. The zero-order valence-corrected chi connectivity index (χ0v) is 9.15. The number of aryl methyl sites for hydroxylation is 1. The second-order valence-electron chi connectivity index (χ2n) is 3.94. The van der Waals surface area contributed by atoms with Gasteiger partial charge in [0.1, 0.15) is 5.82 Å². The average Bonchev–Trinajstić information content (AvgIpc) is 2.30. The predicted octanol–water partition coefficient (Wildman–Crippen LogP) is 3.18. The van der Waals surface area contributed by atoms with E-state index in [0.29, 0.717) is 0 Å². The first-order chi connectivity index (χ1) is 7.66. The van der Waals surface area contributed by atoms with Crippen LogP contribution in [0.25, 0.3) is 0 Å². The van der Waals surface area contributed by atoms with E-state index in [1.165, 1.54) is 17.7 Å². The van der Waals surface area contributed by atoms with Gasteiger partial charge in [-0.1, -0.05) is 42.0 Å². The Bertz CT molecular complexity index is 414. The maximum Gasteiger partial charge on any atom is 0.123 e. The fourth-order valence-electron chi connectivity index (χ4n) is 1.64. The minimum absolute atomic E-state index is 0.193. The highest BCUT2D eigenvalue weighted by atomic mass is 19.1. The van der Waals surface area contributed by atoms with Crippen LogP contribution in [0.4, 0.5) is 4.39 Å². The molecule has 0 aliphatic heterocycles. The summed E-state index contributed by atoms with van der Waals surface area (Å²) in [5.74, 6) is -0.236. The summed E-state index contributed by atoms with van der Waals surface area (Å²) in [5, 5.41) is 0. The van der Waals surface area contributed by atoms with Crippen molar-refractivity contribution in [1.82, 2.24) is 0 Å². The molecule has 0 fully saturated rings. The summed E-state index contributed by atoms with van der Waals surface area (Å²) in [4.78, 5) is 0. The van der Waals surface area contributed by atoms with Gasteiger partial charge in [0.2, 0.25) is 0 Å². The fourth-order valence-corrected chi connectivity index (χ4v) is 1.64. The van der Waals surface area contributed by atoms with Gasteiger partial charge in [-0.2, -0.15) is 0 Å². The molecule has 0 amide bonds. The van der Waals surface area contributed by atoms with Crippen LogP contribution in [-0.2, 0) is 0 Å². The molecule has 0 bridgehead atoms. The first kappa shape index (κ1) is 10.8. The molecular weight excluding hydrogens is 201 g/mol. The van der Waals surface area contributed by atoms with Crippen LogP contribution in [0.15, 0.2) is 48.5 Å². The molecule has 0 aromatic heterocycles. The molecule has 2 heteroatoms. The summed E-state index contributed by atoms with van der Waals surface area (Å²) < 4.78 is 12.8. The van der Waals surface area contributed by atoms with Gasteiger partial charge >= 0.3 is 0 Å². The molecule has 0 spiro atoms. The Morgan fingerprint density at radius 2 is 1.31 bits per heavy atom. The van der Waals surface area contributed by atoms with Gasteiger partial charge < -0.3 is 5.73 Å². The van der Waals surface area contributed by atoms with Gasteiger partial charge in [0.05, 0.1) is 6.04 Å². The lowest BCUT2D eigenvalue weighted by atomic mass is 9.99. The second-order valence-corrected chi connectivity index (χ2v) is 3.94. The molecule has 2 rings (SSSR count). The Morgan fingerprint density at radius 1 is 0.875 bits per heavy atom. The standard InChI is InChI=1S/C14H14FN/c1-10-2-4-11(5-3-10)14(16)12-6-8-13(15)9-7-12/h2-9,14H,16H2,1H3. The van der Waals surface area contributed by atoms with Crippen LogP contribution in [-0.4, -0.2) is 0 Å². The monoisotopic (exact) mass is 215 g/mol. The number of nitrogens with two attached hydrogens (primary N) is 1. The Labute approximate surface area is 94.7 Å².